The summed E-state index contributed by atoms with van der Waals surface area (Å²) in [6.45, 7) is -0.103. The third-order valence-corrected chi connectivity index (χ3v) is 4.08. The third-order valence-electron chi connectivity index (χ3n) is 3.31. The van der Waals surface area contributed by atoms with Gasteiger partial charge in [-0.05, 0) is 6.07 Å². The standard InChI is InChI=1S/C15H13F2N3O2S/c1-22-11-3-2-9(13(16)14(11)17)7-18-12(21)6-10-8-20-4-5-23-15(20)19-10/h2-5,8H,6-7H2,1H3,(H,18,21). The number of hydrogen-bond donors (Lipinski definition) is 1. The van der Waals surface area contributed by atoms with Gasteiger partial charge in [0, 0.05) is 29.9 Å². The maximum absolute atomic E-state index is 13.8. The van der Waals surface area contributed by atoms with E-state index in [1.165, 1.54) is 30.6 Å². The molecule has 0 atom stereocenters. The van der Waals surface area contributed by atoms with Crippen LogP contribution < -0.4 is 10.1 Å². The van der Waals surface area contributed by atoms with Crippen LogP contribution in [0.5, 0.6) is 5.75 Å². The lowest BCUT2D eigenvalue weighted by Gasteiger charge is -2.08. The zero-order valence-electron chi connectivity index (χ0n) is 12.2. The lowest BCUT2D eigenvalue weighted by molar-refractivity contribution is -0.120. The molecule has 0 fully saturated rings. The number of fused-ring (bicyclic) bond motifs is 1. The van der Waals surface area contributed by atoms with E-state index < -0.39 is 11.6 Å². The van der Waals surface area contributed by atoms with Crippen LogP contribution in [0.1, 0.15) is 11.3 Å². The van der Waals surface area contributed by atoms with Gasteiger partial charge in [-0.1, -0.05) is 6.07 Å². The monoisotopic (exact) mass is 337 g/mol. The van der Waals surface area contributed by atoms with Gasteiger partial charge in [-0.15, -0.1) is 11.3 Å². The highest BCUT2D eigenvalue weighted by atomic mass is 32.1. The van der Waals surface area contributed by atoms with Gasteiger partial charge in [-0.2, -0.15) is 4.39 Å². The molecule has 0 aliphatic rings. The third kappa shape index (κ3) is 3.16. The maximum Gasteiger partial charge on any atom is 0.226 e. The predicted octanol–water partition coefficient (Wildman–Crippen LogP) is 2.54. The molecule has 2 aromatic heterocycles. The first-order valence-corrected chi connectivity index (χ1v) is 7.65. The van der Waals surface area contributed by atoms with Crippen molar-refractivity contribution in [2.24, 2.45) is 0 Å². The average Bonchev–Trinajstić information content (AvgIpc) is 3.10. The smallest absolute Gasteiger partial charge is 0.226 e. The Kier molecular flexibility index (Phi) is 4.24. The van der Waals surface area contributed by atoms with E-state index in [1.54, 1.807) is 6.20 Å². The fourth-order valence-corrected chi connectivity index (χ4v) is 2.87. The Morgan fingerprint density at radius 1 is 1.39 bits per heavy atom. The number of carbonyl (C=O) groups is 1. The highest BCUT2D eigenvalue weighted by molar-refractivity contribution is 7.15. The summed E-state index contributed by atoms with van der Waals surface area (Å²) >= 11 is 1.47. The van der Waals surface area contributed by atoms with Crippen LogP contribution in [0.4, 0.5) is 8.78 Å². The Hall–Kier alpha value is -2.48. The van der Waals surface area contributed by atoms with Crippen molar-refractivity contribution in [3.8, 4) is 5.75 Å². The number of carbonyl (C=O) groups excluding carboxylic acids is 1. The molecule has 120 valence electrons. The van der Waals surface area contributed by atoms with Crippen LogP contribution in [-0.2, 0) is 17.8 Å². The predicted molar refractivity (Wildman–Crippen MR) is 81.5 cm³/mol. The average molecular weight is 337 g/mol. The minimum Gasteiger partial charge on any atom is -0.494 e. The number of benzene rings is 1. The lowest BCUT2D eigenvalue weighted by Crippen LogP contribution is -2.25. The largest absolute Gasteiger partial charge is 0.494 e. The number of hydrogen-bond acceptors (Lipinski definition) is 4. The number of nitrogens with zero attached hydrogens (tertiary/aromatic N) is 2. The van der Waals surface area contributed by atoms with Gasteiger partial charge in [0.05, 0.1) is 19.2 Å². The summed E-state index contributed by atoms with van der Waals surface area (Å²) in [7, 11) is 1.26. The van der Waals surface area contributed by atoms with E-state index >= 15 is 0 Å². The normalized spacial score (nSPS) is 10.9. The van der Waals surface area contributed by atoms with E-state index in [0.29, 0.717) is 5.69 Å². The molecule has 1 aromatic carbocycles. The molecule has 5 nitrogen and oxygen atoms in total. The molecule has 0 aliphatic carbocycles. The van der Waals surface area contributed by atoms with Gasteiger partial charge in [0.15, 0.2) is 16.5 Å². The van der Waals surface area contributed by atoms with E-state index in [1.807, 2.05) is 16.0 Å². The minimum absolute atomic E-state index is 0.0578. The molecule has 0 bridgehead atoms. The summed E-state index contributed by atoms with van der Waals surface area (Å²) in [4.78, 5) is 17.0. The molecule has 0 unspecified atom stereocenters. The van der Waals surface area contributed by atoms with Crippen LogP contribution >= 0.6 is 11.3 Å². The molecule has 0 spiro atoms. The summed E-state index contributed by atoms with van der Waals surface area (Å²) in [5.74, 6) is -2.57. The second-order valence-corrected chi connectivity index (χ2v) is 5.71. The second kappa shape index (κ2) is 6.33. The van der Waals surface area contributed by atoms with Gasteiger partial charge in [-0.25, -0.2) is 9.37 Å². The van der Waals surface area contributed by atoms with Crippen molar-refractivity contribution >= 4 is 22.2 Å². The van der Waals surface area contributed by atoms with Crippen molar-refractivity contribution in [1.29, 1.82) is 0 Å². The molecule has 0 aliphatic heterocycles. The molecule has 2 heterocycles. The van der Waals surface area contributed by atoms with Crippen LogP contribution in [0.25, 0.3) is 4.96 Å². The van der Waals surface area contributed by atoms with Gasteiger partial charge in [0.2, 0.25) is 11.7 Å². The van der Waals surface area contributed by atoms with E-state index in [0.717, 1.165) is 4.96 Å². The highest BCUT2D eigenvalue weighted by Crippen LogP contribution is 2.22. The molecule has 3 aromatic rings. The number of halogens is 2. The van der Waals surface area contributed by atoms with Crippen LogP contribution in [-0.4, -0.2) is 22.4 Å². The summed E-state index contributed by atoms with van der Waals surface area (Å²) in [6.07, 6.45) is 3.69. The number of amides is 1. The number of methoxy groups -OCH3 is 1. The van der Waals surface area contributed by atoms with Gasteiger partial charge < -0.3 is 10.1 Å². The van der Waals surface area contributed by atoms with Gasteiger partial charge in [0.1, 0.15) is 0 Å². The van der Waals surface area contributed by atoms with Crippen molar-refractivity contribution < 1.29 is 18.3 Å². The van der Waals surface area contributed by atoms with Crippen LogP contribution in [0, 0.1) is 11.6 Å². The van der Waals surface area contributed by atoms with Crippen molar-refractivity contribution in [2.75, 3.05) is 7.11 Å². The first-order valence-electron chi connectivity index (χ1n) is 6.77. The van der Waals surface area contributed by atoms with Crippen LogP contribution in [0.2, 0.25) is 0 Å². The molecular formula is C15H13F2N3O2S. The Labute approximate surface area is 134 Å². The number of imidazole rings is 1. The second-order valence-electron chi connectivity index (χ2n) is 4.83. The van der Waals surface area contributed by atoms with E-state index in [4.69, 9.17) is 4.74 Å². The molecule has 8 heteroatoms. The van der Waals surface area contributed by atoms with Gasteiger partial charge in [0.25, 0.3) is 0 Å². The van der Waals surface area contributed by atoms with Gasteiger partial charge >= 0.3 is 0 Å². The van der Waals surface area contributed by atoms with E-state index in [-0.39, 0.29) is 30.2 Å². The Morgan fingerprint density at radius 3 is 2.96 bits per heavy atom. The molecular weight excluding hydrogens is 324 g/mol. The quantitative estimate of drug-likeness (QED) is 0.778. The number of rotatable bonds is 5. The molecule has 1 N–H and O–H groups in total. The summed E-state index contributed by atoms with van der Waals surface area (Å²) in [5, 5.41) is 4.45. The molecule has 23 heavy (non-hydrogen) atoms. The number of ether oxygens (including phenoxy) is 1. The zero-order chi connectivity index (χ0) is 16.4. The van der Waals surface area contributed by atoms with Crippen molar-refractivity contribution in [1.82, 2.24) is 14.7 Å². The number of aromatic nitrogens is 2. The molecule has 1 amide bonds. The van der Waals surface area contributed by atoms with Crippen molar-refractivity contribution in [2.45, 2.75) is 13.0 Å². The van der Waals surface area contributed by atoms with E-state index in [2.05, 4.69) is 10.3 Å². The zero-order valence-corrected chi connectivity index (χ0v) is 13.0. The highest BCUT2D eigenvalue weighted by Gasteiger charge is 2.15. The topological polar surface area (TPSA) is 55.6 Å². The molecule has 3 rings (SSSR count). The Morgan fingerprint density at radius 2 is 2.22 bits per heavy atom. The fraction of sp³-hybridized carbons (Fsp3) is 0.200. The van der Waals surface area contributed by atoms with Crippen LogP contribution in [0.15, 0.2) is 29.9 Å². The summed E-state index contributed by atoms with van der Waals surface area (Å²) < 4.78 is 33.9. The van der Waals surface area contributed by atoms with Gasteiger partial charge in [-0.3, -0.25) is 9.20 Å². The number of nitrogens with one attached hydrogen (secondary N) is 1. The molecule has 0 saturated carbocycles. The molecule has 0 radical (unpaired) electrons. The van der Waals surface area contributed by atoms with Crippen molar-refractivity contribution in [3.63, 3.8) is 0 Å². The Balaban J connectivity index is 1.62. The fourth-order valence-electron chi connectivity index (χ4n) is 2.15. The van der Waals surface area contributed by atoms with Crippen LogP contribution in [0.3, 0.4) is 0 Å². The maximum atomic E-state index is 13.8. The minimum atomic E-state index is -1.06. The summed E-state index contributed by atoms with van der Waals surface area (Å²) in [6, 6.07) is 2.70. The first kappa shape index (κ1) is 15.4. The number of thiazole rings is 1. The SMILES string of the molecule is COc1ccc(CNC(=O)Cc2cn3ccsc3n2)c(F)c1F. The summed E-state index contributed by atoms with van der Waals surface area (Å²) in [5.41, 5.74) is 0.679. The first-order chi connectivity index (χ1) is 11.1. The van der Waals surface area contributed by atoms with Crippen molar-refractivity contribution in [3.05, 3.63) is 52.8 Å². The molecule has 0 saturated heterocycles. The Bertz CT molecular complexity index is 831. The van der Waals surface area contributed by atoms with E-state index in [9.17, 15) is 13.6 Å². The lowest BCUT2D eigenvalue weighted by atomic mass is 10.2.